The summed E-state index contributed by atoms with van der Waals surface area (Å²) in [5, 5.41) is 8.12. The van der Waals surface area contributed by atoms with E-state index in [0.717, 1.165) is 31.0 Å². The number of aromatic nitrogens is 4. The Kier molecular flexibility index (Phi) is 4.69. The number of rotatable bonds is 5. The molecule has 1 aliphatic carbocycles. The van der Waals surface area contributed by atoms with Crippen molar-refractivity contribution in [2.24, 2.45) is 0 Å². The van der Waals surface area contributed by atoms with Gasteiger partial charge < -0.3 is 5.32 Å². The van der Waals surface area contributed by atoms with E-state index in [-0.39, 0.29) is 6.04 Å². The zero-order valence-electron chi connectivity index (χ0n) is 15.4. The predicted molar refractivity (Wildman–Crippen MR) is 103 cm³/mol. The summed E-state index contributed by atoms with van der Waals surface area (Å²) in [6.07, 6.45) is 8.64. The SMILES string of the molecule is Cc1nc2c(c(NC(C)c3cnn(Cc4ccccc4)c3)n1)CCCC2. The van der Waals surface area contributed by atoms with E-state index in [1.165, 1.54) is 35.2 Å². The largest absolute Gasteiger partial charge is 0.363 e. The van der Waals surface area contributed by atoms with Crippen molar-refractivity contribution >= 4 is 5.82 Å². The smallest absolute Gasteiger partial charge is 0.133 e. The van der Waals surface area contributed by atoms with E-state index in [2.05, 4.69) is 57.8 Å². The minimum absolute atomic E-state index is 0.153. The number of hydrogen-bond acceptors (Lipinski definition) is 4. The summed E-state index contributed by atoms with van der Waals surface area (Å²) in [7, 11) is 0. The molecule has 0 spiro atoms. The summed E-state index contributed by atoms with van der Waals surface area (Å²) in [5.74, 6) is 1.84. The lowest BCUT2D eigenvalue weighted by Gasteiger charge is -2.21. The van der Waals surface area contributed by atoms with E-state index in [1.54, 1.807) is 0 Å². The van der Waals surface area contributed by atoms with E-state index in [4.69, 9.17) is 0 Å². The fourth-order valence-electron chi connectivity index (χ4n) is 3.59. The molecule has 0 saturated carbocycles. The van der Waals surface area contributed by atoms with Gasteiger partial charge in [-0.25, -0.2) is 9.97 Å². The summed E-state index contributed by atoms with van der Waals surface area (Å²) < 4.78 is 1.99. The summed E-state index contributed by atoms with van der Waals surface area (Å²) >= 11 is 0. The van der Waals surface area contributed by atoms with Crippen LogP contribution in [0, 0.1) is 6.92 Å². The van der Waals surface area contributed by atoms with Crippen LogP contribution in [0.2, 0.25) is 0 Å². The molecule has 0 radical (unpaired) electrons. The van der Waals surface area contributed by atoms with E-state index in [0.29, 0.717) is 0 Å². The van der Waals surface area contributed by atoms with Crippen molar-refractivity contribution in [3.63, 3.8) is 0 Å². The molecule has 0 aliphatic heterocycles. The highest BCUT2D eigenvalue weighted by Crippen LogP contribution is 2.28. The normalized spacial score (nSPS) is 14.7. The fourth-order valence-corrected chi connectivity index (χ4v) is 3.59. The summed E-state index contributed by atoms with van der Waals surface area (Å²) in [5.41, 5.74) is 4.94. The molecule has 5 heteroatoms. The molecular weight excluding hydrogens is 322 g/mol. The fraction of sp³-hybridized carbons (Fsp3) is 0.381. The quantitative estimate of drug-likeness (QED) is 0.755. The predicted octanol–water partition coefficient (Wildman–Crippen LogP) is 4.08. The number of aryl methyl sites for hydroxylation is 2. The highest BCUT2D eigenvalue weighted by Gasteiger charge is 2.19. The molecule has 0 saturated heterocycles. The first-order valence-electron chi connectivity index (χ1n) is 9.38. The maximum absolute atomic E-state index is 4.68. The molecule has 1 aliphatic rings. The third-order valence-corrected chi connectivity index (χ3v) is 4.99. The van der Waals surface area contributed by atoms with Crippen molar-refractivity contribution in [2.75, 3.05) is 5.32 Å². The first kappa shape index (κ1) is 16.8. The van der Waals surface area contributed by atoms with Crippen LogP contribution in [0.5, 0.6) is 0 Å². The van der Waals surface area contributed by atoms with Crippen molar-refractivity contribution < 1.29 is 0 Å². The molecule has 1 unspecified atom stereocenters. The van der Waals surface area contributed by atoms with Crippen LogP contribution in [0.4, 0.5) is 5.82 Å². The highest BCUT2D eigenvalue weighted by molar-refractivity contribution is 5.49. The molecule has 3 aromatic rings. The van der Waals surface area contributed by atoms with E-state index < -0.39 is 0 Å². The topological polar surface area (TPSA) is 55.6 Å². The summed E-state index contributed by atoms with van der Waals surface area (Å²) in [4.78, 5) is 9.31. The third-order valence-electron chi connectivity index (χ3n) is 4.99. The van der Waals surface area contributed by atoms with Gasteiger partial charge in [0.05, 0.1) is 18.8 Å². The second kappa shape index (κ2) is 7.28. The highest BCUT2D eigenvalue weighted by atomic mass is 15.3. The Morgan fingerprint density at radius 3 is 2.77 bits per heavy atom. The number of anilines is 1. The molecule has 2 aromatic heterocycles. The van der Waals surface area contributed by atoms with Gasteiger partial charge in [-0.1, -0.05) is 30.3 Å². The van der Waals surface area contributed by atoms with E-state index >= 15 is 0 Å². The Labute approximate surface area is 154 Å². The lowest BCUT2D eigenvalue weighted by atomic mass is 9.96. The van der Waals surface area contributed by atoms with Gasteiger partial charge in [0.15, 0.2) is 0 Å². The molecule has 134 valence electrons. The molecule has 4 rings (SSSR count). The van der Waals surface area contributed by atoms with Crippen molar-refractivity contribution in [3.8, 4) is 0 Å². The molecule has 0 amide bonds. The zero-order chi connectivity index (χ0) is 17.9. The van der Waals surface area contributed by atoms with Gasteiger partial charge in [0.1, 0.15) is 11.6 Å². The van der Waals surface area contributed by atoms with E-state index in [9.17, 15) is 0 Å². The van der Waals surface area contributed by atoms with Crippen molar-refractivity contribution in [2.45, 2.75) is 52.1 Å². The molecule has 0 fully saturated rings. The second-order valence-electron chi connectivity index (χ2n) is 7.07. The molecule has 0 bridgehead atoms. The van der Waals surface area contributed by atoms with Crippen LogP contribution in [0.25, 0.3) is 0 Å². The van der Waals surface area contributed by atoms with Crippen molar-refractivity contribution in [3.05, 3.63) is 70.9 Å². The minimum Gasteiger partial charge on any atom is -0.363 e. The number of nitrogens with zero attached hydrogens (tertiary/aromatic N) is 4. The lowest BCUT2D eigenvalue weighted by molar-refractivity contribution is 0.657. The van der Waals surface area contributed by atoms with Crippen LogP contribution >= 0.6 is 0 Å². The monoisotopic (exact) mass is 347 g/mol. The van der Waals surface area contributed by atoms with Crippen LogP contribution in [-0.4, -0.2) is 19.7 Å². The molecular formula is C21H25N5. The Morgan fingerprint density at radius 1 is 1.12 bits per heavy atom. The Hall–Kier alpha value is -2.69. The molecule has 1 aromatic carbocycles. The van der Waals surface area contributed by atoms with Crippen LogP contribution in [-0.2, 0) is 19.4 Å². The number of fused-ring (bicyclic) bond motifs is 1. The van der Waals surface area contributed by atoms with Gasteiger partial charge in [-0.3, -0.25) is 4.68 Å². The van der Waals surface area contributed by atoms with Gasteiger partial charge in [-0.2, -0.15) is 5.10 Å². The van der Waals surface area contributed by atoms with Crippen molar-refractivity contribution in [1.82, 2.24) is 19.7 Å². The van der Waals surface area contributed by atoms with Crippen LogP contribution in [0.3, 0.4) is 0 Å². The first-order valence-corrected chi connectivity index (χ1v) is 9.38. The van der Waals surface area contributed by atoms with Crippen molar-refractivity contribution in [1.29, 1.82) is 0 Å². The molecule has 1 atom stereocenters. The van der Waals surface area contributed by atoms with Gasteiger partial charge in [0, 0.05) is 23.0 Å². The van der Waals surface area contributed by atoms with Gasteiger partial charge in [-0.15, -0.1) is 0 Å². The standard InChI is InChI=1S/C21H25N5/c1-15(18-12-22-26(14-18)13-17-8-4-3-5-9-17)23-21-19-10-6-7-11-20(19)24-16(2)25-21/h3-5,8-9,12,14-15H,6-7,10-11,13H2,1-2H3,(H,23,24,25). The van der Waals surface area contributed by atoms with Crippen LogP contribution in [0.15, 0.2) is 42.7 Å². The number of nitrogens with one attached hydrogen (secondary N) is 1. The van der Waals surface area contributed by atoms with Gasteiger partial charge in [-0.05, 0) is 45.1 Å². The first-order chi connectivity index (χ1) is 12.7. The number of hydrogen-bond donors (Lipinski definition) is 1. The average Bonchev–Trinajstić information content (AvgIpc) is 3.11. The van der Waals surface area contributed by atoms with Gasteiger partial charge in [0.2, 0.25) is 0 Å². The zero-order valence-corrected chi connectivity index (χ0v) is 15.4. The Balaban J connectivity index is 1.51. The molecule has 2 heterocycles. The number of benzene rings is 1. The minimum atomic E-state index is 0.153. The Bertz CT molecular complexity index is 885. The van der Waals surface area contributed by atoms with Crippen LogP contribution < -0.4 is 5.32 Å². The third kappa shape index (κ3) is 3.62. The van der Waals surface area contributed by atoms with Crippen LogP contribution in [0.1, 0.15) is 54.0 Å². The molecule has 1 N–H and O–H groups in total. The van der Waals surface area contributed by atoms with Gasteiger partial charge >= 0.3 is 0 Å². The summed E-state index contributed by atoms with van der Waals surface area (Å²) in [6, 6.07) is 10.6. The molecule has 5 nitrogen and oxygen atoms in total. The second-order valence-corrected chi connectivity index (χ2v) is 7.07. The Morgan fingerprint density at radius 2 is 1.92 bits per heavy atom. The van der Waals surface area contributed by atoms with E-state index in [1.807, 2.05) is 23.9 Å². The maximum Gasteiger partial charge on any atom is 0.133 e. The summed E-state index contributed by atoms with van der Waals surface area (Å²) in [6.45, 7) is 4.93. The average molecular weight is 347 g/mol. The lowest BCUT2D eigenvalue weighted by Crippen LogP contribution is -2.15. The maximum atomic E-state index is 4.68. The van der Waals surface area contributed by atoms with Gasteiger partial charge in [0.25, 0.3) is 0 Å². The molecule has 26 heavy (non-hydrogen) atoms.